The van der Waals surface area contributed by atoms with E-state index in [0.29, 0.717) is 5.56 Å². The molecule has 0 aliphatic rings. The lowest BCUT2D eigenvalue weighted by Crippen LogP contribution is -2.09. The first-order chi connectivity index (χ1) is 12.4. The Hall–Kier alpha value is -2.67. The SMILES string of the molecule is CCOc1cc(/C=C/C(=O)Nc2cc(Cl)ccc2F)ccc1OC(F)F. The molecule has 0 unspecified atom stereocenters. The Morgan fingerprint density at radius 1 is 1.23 bits per heavy atom. The number of carbonyl (C=O) groups is 1. The molecule has 8 heteroatoms. The summed E-state index contributed by atoms with van der Waals surface area (Å²) in [6.45, 7) is -1.03. The van der Waals surface area contributed by atoms with Crippen LogP contribution in [0.15, 0.2) is 42.5 Å². The van der Waals surface area contributed by atoms with E-state index in [-0.39, 0.29) is 28.8 Å². The Kier molecular flexibility index (Phi) is 6.91. The van der Waals surface area contributed by atoms with Crippen molar-refractivity contribution in [3.63, 3.8) is 0 Å². The molecule has 1 amide bonds. The van der Waals surface area contributed by atoms with E-state index < -0.39 is 18.3 Å². The molecule has 0 atom stereocenters. The Labute approximate surface area is 153 Å². The van der Waals surface area contributed by atoms with Gasteiger partial charge in [0, 0.05) is 11.1 Å². The van der Waals surface area contributed by atoms with Gasteiger partial charge in [-0.3, -0.25) is 4.79 Å². The van der Waals surface area contributed by atoms with Gasteiger partial charge in [-0.05, 0) is 48.9 Å². The number of amides is 1. The molecule has 26 heavy (non-hydrogen) atoms. The highest BCUT2D eigenvalue weighted by Gasteiger charge is 2.11. The average Bonchev–Trinajstić information content (AvgIpc) is 2.58. The molecule has 2 rings (SSSR count). The molecule has 138 valence electrons. The van der Waals surface area contributed by atoms with Crippen molar-refractivity contribution in [3.05, 3.63) is 58.9 Å². The molecule has 0 aliphatic heterocycles. The number of alkyl halides is 2. The zero-order valence-corrected chi connectivity index (χ0v) is 14.4. The van der Waals surface area contributed by atoms with Gasteiger partial charge in [0.15, 0.2) is 11.5 Å². The second-order valence-corrected chi connectivity index (χ2v) is 5.40. The summed E-state index contributed by atoms with van der Waals surface area (Å²) in [4.78, 5) is 11.9. The van der Waals surface area contributed by atoms with Gasteiger partial charge in [-0.1, -0.05) is 17.7 Å². The van der Waals surface area contributed by atoms with Gasteiger partial charge in [-0.25, -0.2) is 4.39 Å². The summed E-state index contributed by atoms with van der Waals surface area (Å²) in [5.41, 5.74) is 0.458. The highest BCUT2D eigenvalue weighted by molar-refractivity contribution is 6.30. The summed E-state index contributed by atoms with van der Waals surface area (Å²) in [6.07, 6.45) is 2.59. The largest absolute Gasteiger partial charge is 0.490 e. The van der Waals surface area contributed by atoms with Crippen molar-refractivity contribution in [2.45, 2.75) is 13.5 Å². The molecule has 1 N–H and O–H groups in total. The van der Waals surface area contributed by atoms with Crippen molar-refractivity contribution in [3.8, 4) is 11.5 Å². The first kappa shape index (κ1) is 19.7. The summed E-state index contributed by atoms with van der Waals surface area (Å²) in [6, 6.07) is 8.02. The minimum Gasteiger partial charge on any atom is -0.490 e. The number of rotatable bonds is 7. The third-order valence-electron chi connectivity index (χ3n) is 3.10. The number of nitrogens with one attached hydrogen (secondary N) is 1. The normalized spacial score (nSPS) is 11.0. The van der Waals surface area contributed by atoms with Crippen LogP contribution in [0.4, 0.5) is 18.9 Å². The van der Waals surface area contributed by atoms with Crippen molar-refractivity contribution >= 4 is 29.3 Å². The molecular weight excluding hydrogens is 371 g/mol. The Morgan fingerprint density at radius 2 is 2.00 bits per heavy atom. The van der Waals surface area contributed by atoms with Crippen molar-refractivity contribution < 1.29 is 27.4 Å². The molecule has 0 saturated heterocycles. The van der Waals surface area contributed by atoms with Crippen LogP contribution < -0.4 is 14.8 Å². The third-order valence-corrected chi connectivity index (χ3v) is 3.33. The Bertz CT molecular complexity index is 812. The van der Waals surface area contributed by atoms with Crippen molar-refractivity contribution in [2.24, 2.45) is 0 Å². The molecular formula is C18H15ClF3NO3. The quantitative estimate of drug-likeness (QED) is 0.672. The lowest BCUT2D eigenvalue weighted by atomic mass is 10.2. The van der Waals surface area contributed by atoms with Gasteiger partial charge in [0.1, 0.15) is 5.82 Å². The lowest BCUT2D eigenvalue weighted by molar-refractivity contribution is -0.111. The minimum atomic E-state index is -2.98. The number of ether oxygens (including phenoxy) is 2. The number of anilines is 1. The van der Waals surface area contributed by atoms with Crippen molar-refractivity contribution in [1.82, 2.24) is 0 Å². The molecule has 2 aromatic rings. The third kappa shape index (κ3) is 5.70. The van der Waals surface area contributed by atoms with Crippen LogP contribution in [0.2, 0.25) is 5.02 Å². The molecule has 2 aromatic carbocycles. The topological polar surface area (TPSA) is 47.6 Å². The fourth-order valence-electron chi connectivity index (χ4n) is 2.03. The van der Waals surface area contributed by atoms with Gasteiger partial charge in [-0.2, -0.15) is 8.78 Å². The predicted octanol–water partition coefficient (Wildman–Crippen LogP) is 5.13. The maximum Gasteiger partial charge on any atom is 0.387 e. The van der Waals surface area contributed by atoms with Crippen molar-refractivity contribution in [2.75, 3.05) is 11.9 Å². The number of hydrogen-bond donors (Lipinski definition) is 1. The van der Waals surface area contributed by atoms with Crippen LogP contribution >= 0.6 is 11.6 Å². The monoisotopic (exact) mass is 385 g/mol. The number of benzene rings is 2. The molecule has 0 fully saturated rings. The molecule has 0 radical (unpaired) electrons. The number of halogens is 4. The Balaban J connectivity index is 2.12. The molecule has 0 saturated carbocycles. The zero-order chi connectivity index (χ0) is 19.1. The predicted molar refractivity (Wildman–Crippen MR) is 93.3 cm³/mol. The van der Waals surface area contributed by atoms with E-state index in [1.807, 2.05) is 0 Å². The van der Waals surface area contributed by atoms with Gasteiger partial charge in [0.25, 0.3) is 0 Å². The van der Waals surface area contributed by atoms with Crippen LogP contribution in [0.5, 0.6) is 11.5 Å². The maximum atomic E-state index is 13.6. The fraction of sp³-hybridized carbons (Fsp3) is 0.167. The summed E-state index contributed by atoms with van der Waals surface area (Å²) in [5, 5.41) is 2.64. The highest BCUT2D eigenvalue weighted by atomic mass is 35.5. The molecule has 0 aliphatic carbocycles. The molecule has 0 spiro atoms. The van der Waals surface area contributed by atoms with E-state index in [0.717, 1.165) is 6.07 Å². The van der Waals surface area contributed by atoms with E-state index in [9.17, 15) is 18.0 Å². The van der Waals surface area contributed by atoms with Gasteiger partial charge in [0.2, 0.25) is 5.91 Å². The summed E-state index contributed by atoms with van der Waals surface area (Å²) in [7, 11) is 0. The molecule has 0 heterocycles. The van der Waals surface area contributed by atoms with Crippen LogP contribution in [0, 0.1) is 5.82 Å². The highest BCUT2D eigenvalue weighted by Crippen LogP contribution is 2.30. The number of carbonyl (C=O) groups excluding carboxylic acids is 1. The standard InChI is InChI=1S/C18H15ClF3NO3/c1-2-25-16-9-11(3-7-15(16)26-18(21)22)4-8-17(24)23-14-10-12(19)5-6-13(14)20/h3-10,18H,2H2,1H3,(H,23,24)/b8-4+. The van der Waals surface area contributed by atoms with E-state index in [1.165, 1.54) is 42.5 Å². The van der Waals surface area contributed by atoms with Crippen LogP contribution in [-0.4, -0.2) is 19.1 Å². The zero-order valence-electron chi connectivity index (χ0n) is 13.6. The maximum absolute atomic E-state index is 13.6. The van der Waals surface area contributed by atoms with E-state index in [1.54, 1.807) is 6.92 Å². The number of hydrogen-bond acceptors (Lipinski definition) is 3. The first-order valence-electron chi connectivity index (χ1n) is 7.55. The van der Waals surface area contributed by atoms with Crippen molar-refractivity contribution in [1.29, 1.82) is 0 Å². The lowest BCUT2D eigenvalue weighted by Gasteiger charge is -2.11. The molecule has 0 bridgehead atoms. The smallest absolute Gasteiger partial charge is 0.387 e. The summed E-state index contributed by atoms with van der Waals surface area (Å²) >= 11 is 5.76. The van der Waals surface area contributed by atoms with Gasteiger partial charge >= 0.3 is 6.61 Å². The Morgan fingerprint density at radius 3 is 2.69 bits per heavy atom. The average molecular weight is 386 g/mol. The first-order valence-corrected chi connectivity index (χ1v) is 7.92. The second-order valence-electron chi connectivity index (χ2n) is 4.96. The van der Waals surface area contributed by atoms with Crippen LogP contribution in [-0.2, 0) is 4.79 Å². The summed E-state index contributed by atoms with van der Waals surface area (Å²) in [5.74, 6) is -1.19. The van der Waals surface area contributed by atoms with Crippen LogP contribution in [0.3, 0.4) is 0 Å². The molecule has 4 nitrogen and oxygen atoms in total. The minimum absolute atomic E-state index is 0.0529. The van der Waals surface area contributed by atoms with E-state index in [2.05, 4.69) is 10.1 Å². The van der Waals surface area contributed by atoms with Crippen LogP contribution in [0.25, 0.3) is 6.08 Å². The van der Waals surface area contributed by atoms with Gasteiger partial charge in [0.05, 0.1) is 12.3 Å². The fourth-order valence-corrected chi connectivity index (χ4v) is 2.20. The van der Waals surface area contributed by atoms with E-state index in [4.69, 9.17) is 16.3 Å². The second kappa shape index (κ2) is 9.15. The molecule has 0 aromatic heterocycles. The van der Waals surface area contributed by atoms with Gasteiger partial charge in [-0.15, -0.1) is 0 Å². The summed E-state index contributed by atoms with van der Waals surface area (Å²) < 4.78 is 48.0. The van der Waals surface area contributed by atoms with Gasteiger partial charge < -0.3 is 14.8 Å². The van der Waals surface area contributed by atoms with E-state index >= 15 is 0 Å². The van der Waals surface area contributed by atoms with Crippen LogP contribution in [0.1, 0.15) is 12.5 Å².